The van der Waals surface area contributed by atoms with E-state index in [1.54, 1.807) is 26.1 Å². The number of anilines is 1. The van der Waals surface area contributed by atoms with Crippen LogP contribution in [0.1, 0.15) is 11.4 Å². The van der Waals surface area contributed by atoms with Gasteiger partial charge in [-0.15, -0.1) is 0 Å². The molecule has 2 rings (SSSR count). The van der Waals surface area contributed by atoms with Crippen molar-refractivity contribution < 1.29 is 4.92 Å². The minimum atomic E-state index is -0.454. The highest BCUT2D eigenvalue weighted by atomic mass is 79.9. The standard InChI is InChI=1S/C13H13BrN4O3/c1-8-16-6-10(14)13(19)17(8)7-9-4-3-5-11(18(20)21)12(9)15-2/h3-6,15H,7H2,1-2H3. The maximum absolute atomic E-state index is 12.1. The van der Waals surface area contributed by atoms with Gasteiger partial charge in [0.15, 0.2) is 0 Å². The summed E-state index contributed by atoms with van der Waals surface area (Å²) < 4.78 is 1.81. The van der Waals surface area contributed by atoms with Crippen LogP contribution in [0.15, 0.2) is 33.7 Å². The minimum absolute atomic E-state index is 0.0244. The molecule has 0 bridgehead atoms. The summed E-state index contributed by atoms with van der Waals surface area (Å²) in [5.41, 5.74) is 0.797. The highest BCUT2D eigenvalue weighted by molar-refractivity contribution is 9.10. The molecule has 0 radical (unpaired) electrons. The highest BCUT2D eigenvalue weighted by Crippen LogP contribution is 2.28. The number of nitrogens with one attached hydrogen (secondary N) is 1. The van der Waals surface area contributed by atoms with Crippen LogP contribution in [0.4, 0.5) is 11.4 Å². The number of para-hydroxylation sites is 1. The number of nitrogens with zero attached hydrogens (tertiary/aromatic N) is 3. The van der Waals surface area contributed by atoms with Crippen molar-refractivity contribution in [2.45, 2.75) is 13.5 Å². The fourth-order valence-electron chi connectivity index (χ4n) is 2.07. The molecular formula is C13H13BrN4O3. The van der Waals surface area contributed by atoms with Gasteiger partial charge in [-0.1, -0.05) is 12.1 Å². The minimum Gasteiger partial charge on any atom is -0.382 e. The third-order valence-corrected chi connectivity index (χ3v) is 3.65. The summed E-state index contributed by atoms with van der Waals surface area (Å²) >= 11 is 3.15. The molecule has 0 amide bonds. The van der Waals surface area contributed by atoms with Gasteiger partial charge in [-0.3, -0.25) is 19.5 Å². The van der Waals surface area contributed by atoms with Gasteiger partial charge in [-0.2, -0.15) is 0 Å². The summed E-state index contributed by atoms with van der Waals surface area (Å²) in [4.78, 5) is 26.8. The van der Waals surface area contributed by atoms with Crippen molar-refractivity contribution in [2.75, 3.05) is 12.4 Å². The molecule has 0 unspecified atom stereocenters. The van der Waals surface area contributed by atoms with Gasteiger partial charge in [0.25, 0.3) is 11.2 Å². The smallest absolute Gasteiger partial charge is 0.292 e. The van der Waals surface area contributed by atoms with Gasteiger partial charge >= 0.3 is 0 Å². The third kappa shape index (κ3) is 2.94. The summed E-state index contributed by atoms with van der Waals surface area (Å²) in [6, 6.07) is 4.76. The molecule has 0 saturated heterocycles. The predicted octanol–water partition coefficient (Wildman–Crippen LogP) is 2.31. The molecule has 7 nitrogen and oxygen atoms in total. The number of hydrogen-bond donors (Lipinski definition) is 1. The maximum atomic E-state index is 12.1. The lowest BCUT2D eigenvalue weighted by molar-refractivity contribution is -0.384. The molecule has 0 aliphatic carbocycles. The first-order valence-corrected chi connectivity index (χ1v) is 6.91. The van der Waals surface area contributed by atoms with E-state index in [4.69, 9.17) is 0 Å². The molecule has 0 aliphatic heterocycles. The third-order valence-electron chi connectivity index (χ3n) is 3.11. The number of aromatic nitrogens is 2. The van der Waals surface area contributed by atoms with Gasteiger partial charge in [0.2, 0.25) is 0 Å². The van der Waals surface area contributed by atoms with E-state index >= 15 is 0 Å². The van der Waals surface area contributed by atoms with Gasteiger partial charge in [0, 0.05) is 24.9 Å². The molecule has 0 fully saturated rings. The van der Waals surface area contributed by atoms with Crippen molar-refractivity contribution in [3.8, 4) is 0 Å². The molecule has 21 heavy (non-hydrogen) atoms. The van der Waals surface area contributed by atoms with Crippen LogP contribution in [-0.4, -0.2) is 21.5 Å². The molecular weight excluding hydrogens is 340 g/mol. The molecule has 2 aromatic rings. The van der Waals surface area contributed by atoms with Crippen molar-refractivity contribution in [3.63, 3.8) is 0 Å². The van der Waals surface area contributed by atoms with E-state index < -0.39 is 4.92 Å². The Morgan fingerprint density at radius 3 is 2.81 bits per heavy atom. The Morgan fingerprint density at radius 2 is 2.19 bits per heavy atom. The lowest BCUT2D eigenvalue weighted by Crippen LogP contribution is -2.25. The van der Waals surface area contributed by atoms with Gasteiger partial charge in [-0.25, -0.2) is 4.98 Å². The first-order valence-electron chi connectivity index (χ1n) is 6.11. The van der Waals surface area contributed by atoms with Crippen molar-refractivity contribution in [1.82, 2.24) is 9.55 Å². The van der Waals surface area contributed by atoms with Gasteiger partial charge in [0.05, 0.1) is 11.5 Å². The molecule has 1 N–H and O–H groups in total. The van der Waals surface area contributed by atoms with Crippen molar-refractivity contribution in [3.05, 3.63) is 60.7 Å². The van der Waals surface area contributed by atoms with Crippen LogP contribution >= 0.6 is 15.9 Å². The summed E-state index contributed by atoms with van der Waals surface area (Å²) in [7, 11) is 1.61. The van der Waals surface area contributed by atoms with Crippen LogP contribution in [-0.2, 0) is 6.54 Å². The molecule has 1 heterocycles. The van der Waals surface area contributed by atoms with E-state index in [1.165, 1.54) is 16.8 Å². The summed E-state index contributed by atoms with van der Waals surface area (Å²) in [6.07, 6.45) is 1.45. The van der Waals surface area contributed by atoms with Gasteiger partial charge in [0.1, 0.15) is 16.0 Å². The molecule has 0 saturated carbocycles. The van der Waals surface area contributed by atoms with Gasteiger partial charge in [-0.05, 0) is 22.9 Å². The summed E-state index contributed by atoms with van der Waals surface area (Å²) in [6.45, 7) is 1.92. The quantitative estimate of drug-likeness (QED) is 0.673. The van der Waals surface area contributed by atoms with Gasteiger partial charge < -0.3 is 5.32 Å². The average molecular weight is 353 g/mol. The van der Waals surface area contributed by atoms with Crippen LogP contribution in [0.5, 0.6) is 0 Å². The molecule has 110 valence electrons. The van der Waals surface area contributed by atoms with E-state index in [0.29, 0.717) is 21.5 Å². The number of hydrogen-bond acceptors (Lipinski definition) is 5. The Kier molecular flexibility index (Phi) is 4.37. The largest absolute Gasteiger partial charge is 0.382 e. The highest BCUT2D eigenvalue weighted by Gasteiger charge is 2.17. The van der Waals surface area contributed by atoms with Crippen molar-refractivity contribution in [2.24, 2.45) is 0 Å². The topological polar surface area (TPSA) is 90.1 Å². The van der Waals surface area contributed by atoms with E-state index in [-0.39, 0.29) is 17.8 Å². The number of halogens is 1. The van der Waals surface area contributed by atoms with Crippen molar-refractivity contribution >= 4 is 27.3 Å². The molecule has 8 heteroatoms. The maximum Gasteiger partial charge on any atom is 0.292 e. The molecule has 0 atom stereocenters. The van der Waals surface area contributed by atoms with Crippen LogP contribution < -0.4 is 10.9 Å². The van der Waals surface area contributed by atoms with E-state index in [0.717, 1.165) is 0 Å². The lowest BCUT2D eigenvalue weighted by Gasteiger charge is -2.13. The van der Waals surface area contributed by atoms with E-state index in [1.807, 2.05) is 0 Å². The molecule has 0 spiro atoms. The number of nitro groups is 1. The summed E-state index contributed by atoms with van der Waals surface area (Å²) in [5, 5.41) is 13.9. The monoisotopic (exact) mass is 352 g/mol. The average Bonchev–Trinajstić information content (AvgIpc) is 2.47. The first-order chi connectivity index (χ1) is 9.95. The second-order valence-electron chi connectivity index (χ2n) is 4.36. The van der Waals surface area contributed by atoms with Crippen LogP contribution in [0, 0.1) is 17.0 Å². The molecule has 1 aromatic carbocycles. The normalized spacial score (nSPS) is 10.4. The zero-order valence-electron chi connectivity index (χ0n) is 11.5. The Balaban J connectivity index is 2.55. The summed E-state index contributed by atoms with van der Waals surface area (Å²) in [5.74, 6) is 0.539. The lowest BCUT2D eigenvalue weighted by atomic mass is 10.1. The van der Waals surface area contributed by atoms with E-state index in [9.17, 15) is 14.9 Å². The number of benzene rings is 1. The van der Waals surface area contributed by atoms with Crippen LogP contribution in [0.3, 0.4) is 0 Å². The van der Waals surface area contributed by atoms with Crippen LogP contribution in [0.25, 0.3) is 0 Å². The number of aryl methyl sites for hydroxylation is 1. The fourth-order valence-corrected chi connectivity index (χ4v) is 2.38. The number of nitro benzene ring substituents is 1. The predicted molar refractivity (Wildman–Crippen MR) is 82.7 cm³/mol. The molecule has 1 aromatic heterocycles. The second-order valence-corrected chi connectivity index (χ2v) is 5.22. The van der Waals surface area contributed by atoms with Crippen molar-refractivity contribution in [1.29, 1.82) is 0 Å². The van der Waals surface area contributed by atoms with E-state index in [2.05, 4.69) is 26.2 Å². The Morgan fingerprint density at radius 1 is 1.48 bits per heavy atom. The second kappa shape index (κ2) is 6.04. The van der Waals surface area contributed by atoms with Crippen LogP contribution in [0.2, 0.25) is 0 Å². The fraction of sp³-hybridized carbons (Fsp3) is 0.231. The zero-order chi connectivity index (χ0) is 15.6. The first kappa shape index (κ1) is 15.2. The Labute approximate surface area is 128 Å². The zero-order valence-corrected chi connectivity index (χ0v) is 13.0. The SMILES string of the molecule is CNc1c(Cn2c(C)ncc(Br)c2=O)cccc1[N+](=O)[O-]. The molecule has 0 aliphatic rings. The number of rotatable bonds is 4. The Bertz CT molecular complexity index is 758. The Hall–Kier alpha value is -2.22.